The van der Waals surface area contributed by atoms with Crippen LogP contribution in [-0.2, 0) is 21.2 Å². The van der Waals surface area contributed by atoms with Crippen molar-refractivity contribution in [2.75, 3.05) is 37.9 Å². The monoisotopic (exact) mass is 462 g/mol. The van der Waals surface area contributed by atoms with Gasteiger partial charge in [0.1, 0.15) is 11.6 Å². The number of anilines is 2. The van der Waals surface area contributed by atoms with E-state index < -0.39 is 10.0 Å². The van der Waals surface area contributed by atoms with Gasteiger partial charge >= 0.3 is 0 Å². The van der Waals surface area contributed by atoms with E-state index in [1.54, 1.807) is 24.5 Å². The van der Waals surface area contributed by atoms with Crippen LogP contribution >= 0.6 is 11.3 Å². The fourth-order valence-electron chi connectivity index (χ4n) is 3.47. The predicted octanol–water partition coefficient (Wildman–Crippen LogP) is 3.54. The molecule has 0 aliphatic carbocycles. The molecule has 2 aromatic heterocycles. The Morgan fingerprint density at radius 2 is 2.06 bits per heavy atom. The van der Waals surface area contributed by atoms with Crippen LogP contribution < -0.4 is 5.32 Å². The SMILES string of the molecule is CS(=O)(=O)N1CCOCC(Cc2ccnc(Nc3ncc(-c4ccc(F)cc4)s3)c2)C1. The summed E-state index contributed by atoms with van der Waals surface area (Å²) in [5, 5.41) is 3.90. The Balaban J connectivity index is 1.43. The largest absolute Gasteiger partial charge is 0.380 e. The van der Waals surface area contributed by atoms with Crippen LogP contribution in [0.5, 0.6) is 0 Å². The third kappa shape index (κ3) is 5.85. The van der Waals surface area contributed by atoms with Crippen molar-refractivity contribution in [3.63, 3.8) is 0 Å². The quantitative estimate of drug-likeness (QED) is 0.603. The number of nitrogens with zero attached hydrogens (tertiary/aromatic N) is 3. The molecule has 10 heteroatoms. The number of halogens is 1. The van der Waals surface area contributed by atoms with E-state index in [-0.39, 0.29) is 11.7 Å². The molecule has 3 aromatic rings. The number of nitrogens with one attached hydrogen (secondary N) is 1. The molecule has 1 N–H and O–H groups in total. The van der Waals surface area contributed by atoms with E-state index in [4.69, 9.17) is 4.74 Å². The molecule has 1 fully saturated rings. The van der Waals surface area contributed by atoms with Crippen LogP contribution in [0.1, 0.15) is 5.56 Å². The lowest BCUT2D eigenvalue weighted by Crippen LogP contribution is -2.35. The van der Waals surface area contributed by atoms with Gasteiger partial charge in [-0.3, -0.25) is 0 Å². The van der Waals surface area contributed by atoms with Gasteiger partial charge in [0.2, 0.25) is 10.0 Å². The van der Waals surface area contributed by atoms with E-state index in [9.17, 15) is 12.8 Å². The Morgan fingerprint density at radius 1 is 1.26 bits per heavy atom. The van der Waals surface area contributed by atoms with Gasteiger partial charge in [0.15, 0.2) is 5.13 Å². The maximum absolute atomic E-state index is 13.1. The molecular weight excluding hydrogens is 439 g/mol. The number of rotatable bonds is 6. The molecule has 1 aliphatic rings. The van der Waals surface area contributed by atoms with Crippen molar-refractivity contribution in [1.29, 1.82) is 0 Å². The lowest BCUT2D eigenvalue weighted by molar-refractivity contribution is 0.123. The van der Waals surface area contributed by atoms with Gasteiger partial charge in [-0.2, -0.15) is 4.31 Å². The van der Waals surface area contributed by atoms with Crippen molar-refractivity contribution in [2.45, 2.75) is 6.42 Å². The van der Waals surface area contributed by atoms with Crippen molar-refractivity contribution in [2.24, 2.45) is 5.92 Å². The van der Waals surface area contributed by atoms with Gasteiger partial charge in [0.05, 0.1) is 24.3 Å². The van der Waals surface area contributed by atoms with Gasteiger partial charge in [0, 0.05) is 31.4 Å². The first-order chi connectivity index (χ1) is 14.9. The number of thiazole rings is 1. The molecule has 1 saturated heterocycles. The van der Waals surface area contributed by atoms with Gasteiger partial charge in [0.25, 0.3) is 0 Å². The second-order valence-electron chi connectivity index (χ2n) is 7.48. The van der Waals surface area contributed by atoms with Crippen molar-refractivity contribution in [1.82, 2.24) is 14.3 Å². The highest BCUT2D eigenvalue weighted by Crippen LogP contribution is 2.30. The smallest absolute Gasteiger partial charge is 0.211 e. The molecule has 1 aromatic carbocycles. The zero-order valence-corrected chi connectivity index (χ0v) is 18.6. The van der Waals surface area contributed by atoms with Crippen LogP contribution in [0.2, 0.25) is 0 Å². The normalized spacial score (nSPS) is 17.9. The van der Waals surface area contributed by atoms with Crippen LogP contribution in [0.25, 0.3) is 10.4 Å². The standard InChI is InChI=1S/C21H23FN4O3S2/c1-31(27,28)26-8-9-29-14-16(13-26)10-15-6-7-23-20(11-15)25-21-24-12-19(30-21)17-2-4-18(22)5-3-17/h2-7,11-12,16H,8-10,13-14H2,1H3,(H,23,24,25). The van der Waals surface area contributed by atoms with Gasteiger partial charge < -0.3 is 10.1 Å². The molecule has 164 valence electrons. The zero-order chi connectivity index (χ0) is 21.8. The summed E-state index contributed by atoms with van der Waals surface area (Å²) in [5.41, 5.74) is 1.94. The predicted molar refractivity (Wildman–Crippen MR) is 119 cm³/mol. The van der Waals surface area contributed by atoms with Gasteiger partial charge in [-0.25, -0.2) is 22.8 Å². The highest BCUT2D eigenvalue weighted by Gasteiger charge is 2.25. The van der Waals surface area contributed by atoms with Gasteiger partial charge in [-0.05, 0) is 41.8 Å². The Hall–Kier alpha value is -2.40. The van der Waals surface area contributed by atoms with Crippen LogP contribution in [0, 0.1) is 11.7 Å². The number of pyridine rings is 1. The summed E-state index contributed by atoms with van der Waals surface area (Å²) in [5.74, 6) is 0.454. The third-order valence-corrected chi connectivity index (χ3v) is 7.22. The number of hydrogen-bond donors (Lipinski definition) is 1. The lowest BCUT2D eigenvalue weighted by atomic mass is 10.0. The van der Waals surface area contributed by atoms with Crippen LogP contribution in [-0.4, -0.2) is 55.3 Å². The number of sulfonamides is 1. The highest BCUT2D eigenvalue weighted by molar-refractivity contribution is 7.88. The van der Waals surface area contributed by atoms with E-state index in [1.807, 2.05) is 12.1 Å². The van der Waals surface area contributed by atoms with Crippen LogP contribution in [0.4, 0.5) is 15.3 Å². The summed E-state index contributed by atoms with van der Waals surface area (Å²) in [6.45, 7) is 1.76. The minimum atomic E-state index is -3.25. The van der Waals surface area contributed by atoms with Crippen molar-refractivity contribution in [3.8, 4) is 10.4 Å². The molecule has 1 atom stereocenters. The first-order valence-electron chi connectivity index (χ1n) is 9.83. The fourth-order valence-corrected chi connectivity index (χ4v) is 5.18. The van der Waals surface area contributed by atoms with Crippen molar-refractivity contribution in [3.05, 3.63) is 60.2 Å². The van der Waals surface area contributed by atoms with E-state index in [1.165, 1.54) is 34.0 Å². The summed E-state index contributed by atoms with van der Waals surface area (Å²) in [6, 6.07) is 10.2. The maximum atomic E-state index is 13.1. The molecule has 1 aliphatic heterocycles. The minimum absolute atomic E-state index is 0.0671. The average Bonchev–Trinajstić information content (AvgIpc) is 3.05. The van der Waals surface area contributed by atoms with Gasteiger partial charge in [-0.15, -0.1) is 0 Å². The molecule has 0 radical (unpaired) electrons. The molecule has 4 rings (SSSR count). The fraction of sp³-hybridized carbons (Fsp3) is 0.333. The van der Waals surface area contributed by atoms with E-state index >= 15 is 0 Å². The van der Waals surface area contributed by atoms with E-state index in [2.05, 4.69) is 15.3 Å². The molecule has 1 unspecified atom stereocenters. The Bertz CT molecular complexity index is 1140. The first kappa shape index (κ1) is 21.8. The third-order valence-electron chi connectivity index (χ3n) is 4.99. The summed E-state index contributed by atoms with van der Waals surface area (Å²) in [6.07, 6.45) is 5.38. The summed E-state index contributed by atoms with van der Waals surface area (Å²) < 4.78 is 44.1. The highest BCUT2D eigenvalue weighted by atomic mass is 32.2. The number of benzene rings is 1. The van der Waals surface area contributed by atoms with Crippen LogP contribution in [0.3, 0.4) is 0 Å². The first-order valence-corrected chi connectivity index (χ1v) is 12.5. The van der Waals surface area contributed by atoms with Gasteiger partial charge in [-0.1, -0.05) is 23.5 Å². The summed E-state index contributed by atoms with van der Waals surface area (Å²) >= 11 is 1.46. The molecule has 3 heterocycles. The lowest BCUT2D eigenvalue weighted by Gasteiger charge is -2.21. The van der Waals surface area contributed by atoms with Crippen molar-refractivity contribution < 1.29 is 17.5 Å². The van der Waals surface area contributed by atoms with Crippen molar-refractivity contribution >= 4 is 32.3 Å². The second kappa shape index (κ2) is 9.39. The summed E-state index contributed by atoms with van der Waals surface area (Å²) in [7, 11) is -3.25. The molecule has 0 bridgehead atoms. The zero-order valence-electron chi connectivity index (χ0n) is 17.0. The average molecular weight is 463 g/mol. The second-order valence-corrected chi connectivity index (χ2v) is 10.5. The minimum Gasteiger partial charge on any atom is -0.380 e. The molecule has 31 heavy (non-hydrogen) atoms. The number of ether oxygens (including phenoxy) is 1. The summed E-state index contributed by atoms with van der Waals surface area (Å²) in [4.78, 5) is 9.67. The molecule has 0 amide bonds. The molecule has 0 saturated carbocycles. The number of hydrogen-bond acceptors (Lipinski definition) is 7. The van der Waals surface area contributed by atoms with E-state index in [0.717, 1.165) is 16.0 Å². The van der Waals surface area contributed by atoms with E-state index in [0.29, 0.717) is 43.7 Å². The topological polar surface area (TPSA) is 84.4 Å². The Labute approximate surface area is 185 Å². The number of aromatic nitrogens is 2. The Kier molecular flexibility index (Phi) is 6.61. The molecule has 0 spiro atoms. The molecule has 7 nitrogen and oxygen atoms in total. The maximum Gasteiger partial charge on any atom is 0.211 e. The van der Waals surface area contributed by atoms with Crippen LogP contribution in [0.15, 0.2) is 48.8 Å². The Morgan fingerprint density at radius 3 is 2.84 bits per heavy atom. The molecular formula is C21H23FN4O3S2.